The number of benzene rings is 1. The van der Waals surface area contributed by atoms with Crippen LogP contribution in [0.2, 0.25) is 0 Å². The van der Waals surface area contributed by atoms with Gasteiger partial charge in [0, 0.05) is 29.3 Å². The van der Waals surface area contributed by atoms with Crippen molar-refractivity contribution < 1.29 is 42.2 Å². The van der Waals surface area contributed by atoms with Gasteiger partial charge in [-0.1, -0.05) is 11.2 Å². The number of aromatic nitrogens is 3. The molecule has 1 amide bonds. The molecule has 0 saturated carbocycles. The van der Waals surface area contributed by atoms with E-state index in [1.54, 1.807) is 6.92 Å². The number of carboxylic acids is 1. The first kappa shape index (κ1) is 28.3. The molecular weight excluding hydrogens is 531 g/mol. The highest BCUT2D eigenvalue weighted by atomic mass is 32.1. The van der Waals surface area contributed by atoms with E-state index >= 15 is 0 Å². The zero-order chi connectivity index (χ0) is 28.0. The fourth-order valence-corrected chi connectivity index (χ4v) is 4.19. The number of hydrogen-bond acceptors (Lipinski definition) is 10. The number of nitrogens with two attached hydrogens (primary N) is 1. The predicted octanol–water partition coefficient (Wildman–Crippen LogP) is 3.48. The summed E-state index contributed by atoms with van der Waals surface area (Å²) < 4.78 is 43.8. The molecule has 11 nitrogen and oxygen atoms in total. The van der Waals surface area contributed by atoms with E-state index < -0.39 is 12.1 Å². The molecule has 0 fully saturated rings. The van der Waals surface area contributed by atoms with Gasteiger partial charge in [-0.25, -0.2) is 9.78 Å². The molecule has 3 heterocycles. The monoisotopic (exact) mass is 553 g/mol. The summed E-state index contributed by atoms with van der Waals surface area (Å²) >= 11 is 1.40. The van der Waals surface area contributed by atoms with E-state index in [9.17, 15) is 18.0 Å². The van der Waals surface area contributed by atoms with Gasteiger partial charge in [0.15, 0.2) is 5.82 Å². The summed E-state index contributed by atoms with van der Waals surface area (Å²) in [6.07, 6.45) is -3.63. The Bertz CT molecular complexity index is 1450. The maximum atomic E-state index is 12.4. The Labute approximate surface area is 217 Å². The Morgan fingerprint density at radius 1 is 1.26 bits per heavy atom. The van der Waals surface area contributed by atoms with E-state index in [0.29, 0.717) is 34.2 Å². The molecular formula is C23H22F3N5O6S. The second kappa shape index (κ2) is 11.9. The van der Waals surface area contributed by atoms with Crippen LogP contribution >= 0.6 is 11.3 Å². The summed E-state index contributed by atoms with van der Waals surface area (Å²) in [5.41, 5.74) is 9.08. The first-order valence-electron chi connectivity index (χ1n) is 10.8. The lowest BCUT2D eigenvalue weighted by atomic mass is 10.1. The Morgan fingerprint density at radius 3 is 2.58 bits per heavy atom. The Morgan fingerprint density at radius 2 is 1.97 bits per heavy atom. The highest BCUT2D eigenvalue weighted by Gasteiger charge is 2.38. The Hall–Kier alpha value is -4.24. The van der Waals surface area contributed by atoms with Gasteiger partial charge in [0.1, 0.15) is 18.2 Å². The van der Waals surface area contributed by atoms with Crippen LogP contribution in [0.1, 0.15) is 27.3 Å². The van der Waals surface area contributed by atoms with E-state index in [0.717, 1.165) is 21.4 Å². The van der Waals surface area contributed by atoms with E-state index in [-0.39, 0.29) is 25.7 Å². The summed E-state index contributed by atoms with van der Waals surface area (Å²) in [7, 11) is 0. The second-order valence-corrected chi connectivity index (χ2v) is 8.60. The quantitative estimate of drug-likeness (QED) is 0.265. The number of pyridine rings is 1. The second-order valence-electron chi connectivity index (χ2n) is 7.72. The number of ether oxygens (including phenoxy) is 1. The van der Waals surface area contributed by atoms with Crippen molar-refractivity contribution in [2.45, 2.75) is 26.6 Å². The van der Waals surface area contributed by atoms with Crippen LogP contribution in [0, 0.1) is 13.8 Å². The van der Waals surface area contributed by atoms with Crippen molar-refractivity contribution in [2.75, 3.05) is 18.9 Å². The summed E-state index contributed by atoms with van der Waals surface area (Å²) in [5, 5.41) is 25.1. The molecule has 0 atom stereocenters. The number of carbonyl (C=O) groups excluding carboxylic acids is 1. The maximum Gasteiger partial charge on any atom is 0.490 e. The number of amides is 1. The van der Waals surface area contributed by atoms with Crippen LogP contribution in [0.15, 0.2) is 34.3 Å². The zero-order valence-corrected chi connectivity index (χ0v) is 20.8. The molecule has 0 aliphatic heterocycles. The first-order chi connectivity index (χ1) is 17.9. The molecule has 4 aromatic rings. The number of alkyl halides is 3. The van der Waals surface area contributed by atoms with Gasteiger partial charge in [-0.2, -0.15) is 18.2 Å². The van der Waals surface area contributed by atoms with E-state index in [1.165, 1.54) is 17.5 Å². The van der Waals surface area contributed by atoms with Gasteiger partial charge in [-0.15, -0.1) is 11.3 Å². The maximum absolute atomic E-state index is 12.4. The largest absolute Gasteiger partial charge is 0.490 e. The Kier molecular flexibility index (Phi) is 8.85. The van der Waals surface area contributed by atoms with Gasteiger partial charge in [-0.05, 0) is 36.9 Å². The van der Waals surface area contributed by atoms with Crippen molar-refractivity contribution in [3.63, 3.8) is 0 Å². The molecule has 5 N–H and O–H groups in total. The topological polar surface area (TPSA) is 174 Å². The molecule has 0 radical (unpaired) electrons. The third-order valence-corrected chi connectivity index (χ3v) is 5.99. The lowest BCUT2D eigenvalue weighted by molar-refractivity contribution is -0.192. The highest BCUT2D eigenvalue weighted by molar-refractivity contribution is 7.17. The summed E-state index contributed by atoms with van der Waals surface area (Å²) in [6, 6.07) is 5.68. The standard InChI is InChI=1S/C21H21N5O4S.C2HF3O2/c1-11-3-4-13(21-25-12(2)26-30-21)7-16(11)29-9-14-10-31-18-15(20(28)23-5-6-27)8-24-19(22)17(14)18;3-2(4,5)1(6)7/h3-4,7-8,10,27H,5-6,9H2,1-2H3,(H2,22,24)(H,23,28);(H,6,7). The van der Waals surface area contributed by atoms with E-state index in [2.05, 4.69) is 20.4 Å². The minimum atomic E-state index is -5.08. The van der Waals surface area contributed by atoms with Crippen molar-refractivity contribution in [3.05, 3.63) is 52.3 Å². The number of hydrogen-bond donors (Lipinski definition) is 4. The Balaban J connectivity index is 0.000000505. The van der Waals surface area contributed by atoms with Crippen LogP contribution in [0.4, 0.5) is 19.0 Å². The number of aryl methyl sites for hydroxylation is 2. The van der Waals surface area contributed by atoms with Crippen molar-refractivity contribution in [3.8, 4) is 17.2 Å². The third kappa shape index (κ3) is 6.74. The van der Waals surface area contributed by atoms with Crippen LogP contribution in [0.5, 0.6) is 5.75 Å². The zero-order valence-electron chi connectivity index (χ0n) is 20.0. The molecule has 0 bridgehead atoms. The van der Waals surface area contributed by atoms with Gasteiger partial charge in [0.2, 0.25) is 0 Å². The molecule has 4 rings (SSSR count). The molecule has 0 aliphatic carbocycles. The molecule has 0 saturated heterocycles. The van der Waals surface area contributed by atoms with Gasteiger partial charge < -0.3 is 30.5 Å². The number of thiophene rings is 1. The van der Waals surface area contributed by atoms with Gasteiger partial charge in [0.05, 0.1) is 16.9 Å². The molecule has 202 valence electrons. The molecule has 0 spiro atoms. The molecule has 3 aromatic heterocycles. The van der Waals surface area contributed by atoms with Gasteiger partial charge >= 0.3 is 12.1 Å². The predicted molar refractivity (Wildman–Crippen MR) is 131 cm³/mol. The molecule has 15 heteroatoms. The number of aliphatic hydroxyl groups excluding tert-OH is 1. The van der Waals surface area contributed by atoms with Crippen molar-refractivity contribution in [2.24, 2.45) is 0 Å². The van der Waals surface area contributed by atoms with Crippen LogP contribution in [-0.4, -0.2) is 56.5 Å². The fraction of sp³-hybridized carbons (Fsp3) is 0.261. The lowest BCUT2D eigenvalue weighted by Crippen LogP contribution is -2.26. The minimum absolute atomic E-state index is 0.137. The van der Waals surface area contributed by atoms with Crippen LogP contribution in [-0.2, 0) is 11.4 Å². The normalized spacial score (nSPS) is 11.1. The number of halogens is 3. The average Bonchev–Trinajstić information content (AvgIpc) is 3.49. The summed E-state index contributed by atoms with van der Waals surface area (Å²) in [6.45, 7) is 3.99. The van der Waals surface area contributed by atoms with Crippen LogP contribution < -0.4 is 15.8 Å². The van der Waals surface area contributed by atoms with Gasteiger partial charge in [-0.3, -0.25) is 4.79 Å². The molecule has 0 unspecified atom stereocenters. The number of nitrogens with one attached hydrogen (secondary N) is 1. The number of nitrogen functional groups attached to an aromatic ring is 1. The third-order valence-electron chi connectivity index (χ3n) is 4.93. The summed E-state index contributed by atoms with van der Waals surface area (Å²) in [5.74, 6) is -1.07. The lowest BCUT2D eigenvalue weighted by Gasteiger charge is -2.11. The van der Waals surface area contributed by atoms with Crippen molar-refractivity contribution in [1.82, 2.24) is 20.4 Å². The van der Waals surface area contributed by atoms with E-state index in [4.69, 9.17) is 30.0 Å². The molecule has 0 aliphatic rings. The number of aliphatic hydroxyl groups is 1. The van der Waals surface area contributed by atoms with E-state index in [1.807, 2.05) is 30.5 Å². The number of anilines is 1. The number of rotatable bonds is 7. The minimum Gasteiger partial charge on any atom is -0.489 e. The number of nitrogens with zero attached hydrogens (tertiary/aromatic N) is 3. The molecule has 1 aromatic carbocycles. The summed E-state index contributed by atoms with van der Waals surface area (Å²) in [4.78, 5) is 29.7. The number of carboxylic acid groups (broad SMARTS) is 1. The fourth-order valence-electron chi connectivity index (χ4n) is 3.12. The van der Waals surface area contributed by atoms with Crippen molar-refractivity contribution in [1.29, 1.82) is 0 Å². The van der Waals surface area contributed by atoms with Crippen molar-refractivity contribution >= 4 is 39.1 Å². The number of aliphatic carboxylic acids is 1. The van der Waals surface area contributed by atoms with Gasteiger partial charge in [0.25, 0.3) is 11.8 Å². The highest BCUT2D eigenvalue weighted by Crippen LogP contribution is 2.34. The smallest absolute Gasteiger partial charge is 0.489 e. The molecule has 38 heavy (non-hydrogen) atoms. The van der Waals surface area contributed by atoms with Crippen LogP contribution in [0.25, 0.3) is 21.5 Å². The average molecular weight is 554 g/mol. The number of fused-ring (bicyclic) bond motifs is 1. The number of carbonyl (C=O) groups is 2. The SMILES string of the molecule is Cc1noc(-c2ccc(C)c(OCc3csc4c(C(=O)NCCO)cnc(N)c34)c2)n1.O=C(O)C(F)(F)F. The first-order valence-corrected chi connectivity index (χ1v) is 11.7. The van der Waals surface area contributed by atoms with Crippen LogP contribution in [0.3, 0.4) is 0 Å².